The fourth-order valence-electron chi connectivity index (χ4n) is 4.05. The number of methoxy groups -OCH3 is 1. The summed E-state index contributed by atoms with van der Waals surface area (Å²) in [7, 11) is 1.66. The number of carbonyl (C=O) groups is 1. The lowest BCUT2D eigenvalue weighted by Gasteiger charge is -2.36. The predicted octanol–water partition coefficient (Wildman–Crippen LogP) is 2.25. The van der Waals surface area contributed by atoms with E-state index in [1.807, 2.05) is 18.2 Å². The highest BCUT2D eigenvalue weighted by atomic mass is 19.1. The minimum absolute atomic E-state index is 0.235. The lowest BCUT2D eigenvalue weighted by atomic mass is 10.1. The van der Waals surface area contributed by atoms with Crippen LogP contribution in [0.3, 0.4) is 0 Å². The number of Topliss-reactive ketones (excluding diaryl/α,β-unsaturated/α-hetero) is 1. The Morgan fingerprint density at radius 1 is 1.03 bits per heavy atom. The number of piperazine rings is 1. The molecule has 0 N–H and O–H groups in total. The van der Waals surface area contributed by atoms with E-state index in [0.717, 1.165) is 48.1 Å². The SMILES string of the molecule is COc1cccc(N2CCN(c3cc4nn(CC(=O)c5ccc(F)cc5)c(=O)n4cn3)CC2)c1. The molecule has 9 nitrogen and oxygen atoms in total. The molecule has 10 heteroatoms. The van der Waals surface area contributed by atoms with Crippen LogP contribution in [-0.4, -0.2) is 58.2 Å². The lowest BCUT2D eigenvalue weighted by molar-refractivity contribution is 0.0966. The van der Waals surface area contributed by atoms with Crippen LogP contribution < -0.4 is 20.2 Å². The molecule has 1 saturated heterocycles. The molecule has 34 heavy (non-hydrogen) atoms. The van der Waals surface area contributed by atoms with E-state index < -0.39 is 11.5 Å². The monoisotopic (exact) mass is 462 g/mol. The van der Waals surface area contributed by atoms with Crippen molar-refractivity contribution < 1.29 is 13.9 Å². The molecule has 174 valence electrons. The van der Waals surface area contributed by atoms with Gasteiger partial charge in [-0.1, -0.05) is 6.07 Å². The van der Waals surface area contributed by atoms with Gasteiger partial charge in [0, 0.05) is 49.6 Å². The number of hydrogen-bond donors (Lipinski definition) is 0. The average molecular weight is 462 g/mol. The number of anilines is 2. The van der Waals surface area contributed by atoms with Gasteiger partial charge in [-0.05, 0) is 36.4 Å². The Morgan fingerprint density at radius 3 is 2.50 bits per heavy atom. The zero-order chi connectivity index (χ0) is 23.7. The standard InChI is InChI=1S/C24H23FN6O3/c1-34-20-4-2-3-19(13-20)28-9-11-29(12-10-28)22-14-23-27-31(24(33)30(23)16-26-22)15-21(32)17-5-7-18(25)8-6-17/h2-8,13-14,16H,9-12,15H2,1H3. The Bertz CT molecular complexity index is 1390. The summed E-state index contributed by atoms with van der Waals surface area (Å²) in [6.07, 6.45) is 1.44. The number of aromatic nitrogens is 4. The van der Waals surface area contributed by atoms with Crippen molar-refractivity contribution in [2.24, 2.45) is 0 Å². The molecular formula is C24H23FN6O3. The second-order valence-corrected chi connectivity index (χ2v) is 8.02. The van der Waals surface area contributed by atoms with Crippen molar-refractivity contribution >= 4 is 22.9 Å². The number of carbonyl (C=O) groups excluding carboxylic acids is 1. The molecule has 5 rings (SSSR count). The van der Waals surface area contributed by atoms with Gasteiger partial charge in [0.15, 0.2) is 11.4 Å². The number of halogens is 1. The first-order valence-electron chi connectivity index (χ1n) is 10.9. The maximum absolute atomic E-state index is 13.1. The predicted molar refractivity (Wildman–Crippen MR) is 125 cm³/mol. The number of ketones is 1. The van der Waals surface area contributed by atoms with E-state index in [0.29, 0.717) is 11.2 Å². The normalized spacial score (nSPS) is 13.9. The number of benzene rings is 2. The quantitative estimate of drug-likeness (QED) is 0.407. The number of hydrogen-bond acceptors (Lipinski definition) is 7. The van der Waals surface area contributed by atoms with Crippen molar-refractivity contribution in [1.82, 2.24) is 19.2 Å². The summed E-state index contributed by atoms with van der Waals surface area (Å²) in [5, 5.41) is 4.31. The van der Waals surface area contributed by atoms with Crippen molar-refractivity contribution in [2.75, 3.05) is 43.1 Å². The molecule has 0 unspecified atom stereocenters. The summed E-state index contributed by atoms with van der Waals surface area (Å²) in [6, 6.07) is 14.9. The first kappa shape index (κ1) is 21.6. The largest absolute Gasteiger partial charge is 0.497 e. The van der Waals surface area contributed by atoms with E-state index in [2.05, 4.69) is 25.9 Å². The minimum Gasteiger partial charge on any atom is -0.497 e. The summed E-state index contributed by atoms with van der Waals surface area (Å²) in [4.78, 5) is 34.0. The third kappa shape index (κ3) is 4.21. The van der Waals surface area contributed by atoms with Crippen LogP contribution in [0.15, 0.2) is 65.7 Å². The van der Waals surface area contributed by atoms with E-state index in [4.69, 9.17) is 4.74 Å². The third-order valence-electron chi connectivity index (χ3n) is 5.94. The molecule has 1 aliphatic heterocycles. The summed E-state index contributed by atoms with van der Waals surface area (Å²) in [5.74, 6) is 0.794. The van der Waals surface area contributed by atoms with Gasteiger partial charge in [0.1, 0.15) is 30.3 Å². The second kappa shape index (κ2) is 8.97. The van der Waals surface area contributed by atoms with Crippen molar-refractivity contribution in [2.45, 2.75) is 6.54 Å². The fraction of sp³-hybridized carbons (Fsp3) is 0.250. The van der Waals surface area contributed by atoms with Crippen LogP contribution in [0.25, 0.3) is 5.65 Å². The highest BCUT2D eigenvalue weighted by Crippen LogP contribution is 2.23. The molecule has 0 saturated carbocycles. The van der Waals surface area contributed by atoms with Crippen LogP contribution in [0.4, 0.5) is 15.9 Å². The average Bonchev–Trinajstić information content (AvgIpc) is 3.18. The van der Waals surface area contributed by atoms with Gasteiger partial charge in [-0.2, -0.15) is 0 Å². The van der Waals surface area contributed by atoms with Crippen LogP contribution in [0.5, 0.6) is 5.75 Å². The van der Waals surface area contributed by atoms with E-state index >= 15 is 0 Å². The maximum atomic E-state index is 13.1. The van der Waals surface area contributed by atoms with E-state index in [9.17, 15) is 14.0 Å². The Kier molecular flexibility index (Phi) is 5.70. The number of ether oxygens (including phenoxy) is 1. The Balaban J connectivity index is 1.30. The van der Waals surface area contributed by atoms with Gasteiger partial charge in [0.25, 0.3) is 0 Å². The highest BCUT2D eigenvalue weighted by molar-refractivity contribution is 5.95. The number of rotatable bonds is 6. The van der Waals surface area contributed by atoms with Gasteiger partial charge >= 0.3 is 5.69 Å². The molecular weight excluding hydrogens is 439 g/mol. The molecule has 0 spiro atoms. The van der Waals surface area contributed by atoms with Crippen molar-refractivity contribution in [1.29, 1.82) is 0 Å². The van der Waals surface area contributed by atoms with Crippen LogP contribution in [0.1, 0.15) is 10.4 Å². The summed E-state index contributed by atoms with van der Waals surface area (Å²) in [6.45, 7) is 2.91. The first-order valence-corrected chi connectivity index (χ1v) is 10.9. The van der Waals surface area contributed by atoms with Gasteiger partial charge in [0.2, 0.25) is 0 Å². The topological polar surface area (TPSA) is 85.0 Å². The Morgan fingerprint density at radius 2 is 1.76 bits per heavy atom. The molecule has 0 radical (unpaired) electrons. The van der Waals surface area contributed by atoms with Crippen molar-refractivity contribution in [3.8, 4) is 5.75 Å². The molecule has 3 heterocycles. The molecule has 1 aliphatic rings. The molecule has 0 aliphatic carbocycles. The molecule has 2 aromatic heterocycles. The maximum Gasteiger partial charge on any atom is 0.352 e. The van der Waals surface area contributed by atoms with Crippen LogP contribution in [0, 0.1) is 5.82 Å². The summed E-state index contributed by atoms with van der Waals surface area (Å²) >= 11 is 0. The molecule has 1 fully saturated rings. The Hall–Kier alpha value is -4.21. The van der Waals surface area contributed by atoms with Gasteiger partial charge in [-0.3, -0.25) is 4.79 Å². The Labute approximate surface area is 194 Å². The first-order chi connectivity index (χ1) is 16.5. The van der Waals surface area contributed by atoms with Crippen LogP contribution >= 0.6 is 0 Å². The van der Waals surface area contributed by atoms with Crippen LogP contribution in [0.2, 0.25) is 0 Å². The van der Waals surface area contributed by atoms with Crippen LogP contribution in [-0.2, 0) is 6.54 Å². The molecule has 0 atom stereocenters. The van der Waals surface area contributed by atoms with E-state index in [1.54, 1.807) is 13.2 Å². The van der Waals surface area contributed by atoms with E-state index in [1.165, 1.54) is 35.0 Å². The molecule has 2 aromatic carbocycles. The lowest BCUT2D eigenvalue weighted by Crippen LogP contribution is -2.46. The molecule has 4 aromatic rings. The zero-order valence-corrected chi connectivity index (χ0v) is 18.6. The van der Waals surface area contributed by atoms with Gasteiger partial charge in [-0.15, -0.1) is 5.10 Å². The zero-order valence-electron chi connectivity index (χ0n) is 18.6. The smallest absolute Gasteiger partial charge is 0.352 e. The summed E-state index contributed by atoms with van der Waals surface area (Å²) in [5.41, 5.74) is 1.39. The number of nitrogens with zero attached hydrogens (tertiary/aromatic N) is 6. The highest BCUT2D eigenvalue weighted by Gasteiger charge is 2.20. The molecule has 0 bridgehead atoms. The van der Waals surface area contributed by atoms with Gasteiger partial charge in [-0.25, -0.2) is 23.3 Å². The van der Waals surface area contributed by atoms with Crippen molar-refractivity contribution in [3.05, 3.63) is 82.8 Å². The van der Waals surface area contributed by atoms with Gasteiger partial charge in [0.05, 0.1) is 7.11 Å². The second-order valence-electron chi connectivity index (χ2n) is 8.02. The minimum atomic E-state index is -0.452. The van der Waals surface area contributed by atoms with Gasteiger partial charge < -0.3 is 14.5 Å². The molecule has 0 amide bonds. The summed E-state index contributed by atoms with van der Waals surface area (Å²) < 4.78 is 20.9. The van der Waals surface area contributed by atoms with Crippen molar-refractivity contribution in [3.63, 3.8) is 0 Å². The third-order valence-corrected chi connectivity index (χ3v) is 5.94. The number of fused-ring (bicyclic) bond motifs is 1. The van der Waals surface area contributed by atoms with E-state index in [-0.39, 0.29) is 12.3 Å². The fourth-order valence-corrected chi connectivity index (χ4v) is 4.05.